The van der Waals surface area contributed by atoms with Crippen LogP contribution in [0.1, 0.15) is 22.2 Å². The highest BCUT2D eigenvalue weighted by Crippen LogP contribution is 2.20. The standard InChI is InChI=1S/C14H12N2O4S/c17-11(9-3-5-21-8-9)7-15-14(18)10-6-13(20-16-10)12-2-1-4-19-12/h1-6,8,11,17H,7H2,(H,15,18). The van der Waals surface area contributed by atoms with Crippen molar-refractivity contribution in [3.8, 4) is 11.5 Å². The van der Waals surface area contributed by atoms with E-state index in [-0.39, 0.29) is 12.2 Å². The molecule has 1 amide bonds. The van der Waals surface area contributed by atoms with Crippen LogP contribution in [-0.2, 0) is 0 Å². The van der Waals surface area contributed by atoms with Crippen LogP contribution in [0, 0.1) is 0 Å². The zero-order valence-electron chi connectivity index (χ0n) is 10.9. The molecule has 1 unspecified atom stereocenters. The highest BCUT2D eigenvalue weighted by atomic mass is 32.1. The van der Waals surface area contributed by atoms with Crippen LogP contribution < -0.4 is 5.32 Å². The van der Waals surface area contributed by atoms with Crippen molar-refractivity contribution in [2.75, 3.05) is 6.54 Å². The number of amides is 1. The van der Waals surface area contributed by atoms with E-state index in [0.717, 1.165) is 5.56 Å². The fourth-order valence-corrected chi connectivity index (χ4v) is 2.49. The molecule has 0 saturated carbocycles. The van der Waals surface area contributed by atoms with E-state index in [1.165, 1.54) is 23.7 Å². The van der Waals surface area contributed by atoms with Crippen LogP contribution in [0.4, 0.5) is 0 Å². The van der Waals surface area contributed by atoms with E-state index >= 15 is 0 Å². The summed E-state index contributed by atoms with van der Waals surface area (Å²) >= 11 is 1.49. The molecule has 3 aromatic heterocycles. The van der Waals surface area contributed by atoms with E-state index in [1.54, 1.807) is 12.1 Å². The van der Waals surface area contributed by atoms with Gasteiger partial charge in [-0.15, -0.1) is 0 Å². The summed E-state index contributed by atoms with van der Waals surface area (Å²) in [6.45, 7) is 0.110. The Kier molecular flexibility index (Phi) is 3.85. The molecule has 2 N–H and O–H groups in total. The number of hydrogen-bond acceptors (Lipinski definition) is 6. The zero-order chi connectivity index (χ0) is 14.7. The number of rotatable bonds is 5. The number of aliphatic hydroxyl groups excluding tert-OH is 1. The van der Waals surface area contributed by atoms with Gasteiger partial charge in [-0.05, 0) is 34.5 Å². The van der Waals surface area contributed by atoms with Crippen molar-refractivity contribution in [3.05, 3.63) is 52.5 Å². The molecule has 0 fully saturated rings. The second-order valence-corrected chi connectivity index (χ2v) is 5.12. The van der Waals surface area contributed by atoms with Crippen molar-refractivity contribution in [2.24, 2.45) is 0 Å². The summed E-state index contributed by atoms with van der Waals surface area (Å²) in [4.78, 5) is 11.9. The molecular weight excluding hydrogens is 292 g/mol. The molecule has 0 bridgehead atoms. The van der Waals surface area contributed by atoms with Crippen LogP contribution in [0.5, 0.6) is 0 Å². The molecule has 6 nitrogen and oxygen atoms in total. The third-order valence-electron chi connectivity index (χ3n) is 2.89. The Labute approximate surface area is 124 Å². The average molecular weight is 304 g/mol. The van der Waals surface area contributed by atoms with Gasteiger partial charge >= 0.3 is 0 Å². The maximum absolute atomic E-state index is 11.9. The summed E-state index contributed by atoms with van der Waals surface area (Å²) in [5.41, 5.74) is 0.913. The number of furan rings is 1. The first kappa shape index (κ1) is 13.6. The molecule has 0 saturated heterocycles. The van der Waals surface area contributed by atoms with Gasteiger partial charge in [-0.2, -0.15) is 11.3 Å². The predicted molar refractivity (Wildman–Crippen MR) is 75.8 cm³/mol. The molecular formula is C14H12N2O4S. The lowest BCUT2D eigenvalue weighted by molar-refractivity contribution is 0.0907. The first-order chi connectivity index (χ1) is 10.2. The minimum atomic E-state index is -0.739. The molecule has 3 heterocycles. The van der Waals surface area contributed by atoms with Gasteiger partial charge in [0.25, 0.3) is 5.91 Å². The van der Waals surface area contributed by atoms with Crippen molar-refractivity contribution in [3.63, 3.8) is 0 Å². The molecule has 0 spiro atoms. The minimum absolute atomic E-state index is 0.110. The van der Waals surface area contributed by atoms with Crippen LogP contribution >= 0.6 is 11.3 Å². The summed E-state index contributed by atoms with van der Waals surface area (Å²) in [5.74, 6) is 0.467. The van der Waals surface area contributed by atoms with Crippen LogP contribution in [0.3, 0.4) is 0 Å². The first-order valence-corrected chi connectivity index (χ1v) is 7.17. The van der Waals surface area contributed by atoms with Gasteiger partial charge < -0.3 is 19.4 Å². The lowest BCUT2D eigenvalue weighted by Gasteiger charge is -2.09. The molecule has 3 aromatic rings. The molecule has 21 heavy (non-hydrogen) atoms. The summed E-state index contributed by atoms with van der Waals surface area (Å²) < 4.78 is 10.2. The van der Waals surface area contributed by atoms with Gasteiger partial charge in [0, 0.05) is 12.6 Å². The van der Waals surface area contributed by atoms with Gasteiger partial charge in [0.05, 0.1) is 12.4 Å². The van der Waals surface area contributed by atoms with Crippen molar-refractivity contribution in [2.45, 2.75) is 6.10 Å². The molecule has 3 rings (SSSR count). The largest absolute Gasteiger partial charge is 0.461 e. The van der Waals surface area contributed by atoms with E-state index in [1.807, 2.05) is 16.8 Å². The summed E-state index contributed by atoms with van der Waals surface area (Å²) in [6, 6.07) is 6.73. The van der Waals surface area contributed by atoms with E-state index in [9.17, 15) is 9.90 Å². The molecule has 0 aliphatic carbocycles. The number of thiophene rings is 1. The predicted octanol–water partition coefficient (Wildman–Crippen LogP) is 2.46. The van der Waals surface area contributed by atoms with Gasteiger partial charge in [-0.3, -0.25) is 4.79 Å². The summed E-state index contributed by atoms with van der Waals surface area (Å²) in [7, 11) is 0. The summed E-state index contributed by atoms with van der Waals surface area (Å²) in [5, 5.41) is 19.9. The SMILES string of the molecule is O=C(NCC(O)c1ccsc1)c1cc(-c2ccco2)on1. The lowest BCUT2D eigenvalue weighted by Crippen LogP contribution is -2.28. The second-order valence-electron chi connectivity index (χ2n) is 4.34. The number of hydrogen-bond donors (Lipinski definition) is 2. The zero-order valence-corrected chi connectivity index (χ0v) is 11.7. The summed E-state index contributed by atoms with van der Waals surface area (Å²) in [6.07, 6.45) is 0.770. The van der Waals surface area contributed by atoms with Crippen LogP contribution in [0.25, 0.3) is 11.5 Å². The fraction of sp³-hybridized carbons (Fsp3) is 0.143. The van der Waals surface area contributed by atoms with E-state index in [0.29, 0.717) is 11.5 Å². The van der Waals surface area contributed by atoms with E-state index in [4.69, 9.17) is 8.94 Å². The Morgan fingerprint density at radius 1 is 1.43 bits per heavy atom. The molecule has 108 valence electrons. The minimum Gasteiger partial charge on any atom is -0.461 e. The Morgan fingerprint density at radius 2 is 2.33 bits per heavy atom. The number of aliphatic hydroxyl groups is 1. The number of carbonyl (C=O) groups excluding carboxylic acids is 1. The highest BCUT2D eigenvalue weighted by molar-refractivity contribution is 7.07. The highest BCUT2D eigenvalue weighted by Gasteiger charge is 2.16. The number of nitrogens with one attached hydrogen (secondary N) is 1. The van der Waals surface area contributed by atoms with E-state index < -0.39 is 12.0 Å². The van der Waals surface area contributed by atoms with Crippen LogP contribution in [0.2, 0.25) is 0 Å². The fourth-order valence-electron chi connectivity index (χ4n) is 1.78. The Morgan fingerprint density at radius 3 is 3.05 bits per heavy atom. The lowest BCUT2D eigenvalue weighted by atomic mass is 10.2. The van der Waals surface area contributed by atoms with E-state index in [2.05, 4.69) is 10.5 Å². The van der Waals surface area contributed by atoms with Gasteiger partial charge in [-0.1, -0.05) is 5.16 Å². The molecule has 0 aromatic carbocycles. The number of aromatic nitrogens is 1. The smallest absolute Gasteiger partial charge is 0.273 e. The Balaban J connectivity index is 1.61. The normalized spacial score (nSPS) is 12.2. The Bertz CT molecular complexity index is 703. The van der Waals surface area contributed by atoms with Crippen molar-refractivity contribution in [1.29, 1.82) is 0 Å². The van der Waals surface area contributed by atoms with Crippen molar-refractivity contribution in [1.82, 2.24) is 10.5 Å². The van der Waals surface area contributed by atoms with Crippen LogP contribution in [-0.4, -0.2) is 22.7 Å². The van der Waals surface area contributed by atoms with Crippen LogP contribution in [0.15, 0.2) is 50.2 Å². The van der Waals surface area contributed by atoms with Gasteiger partial charge in [0.15, 0.2) is 11.5 Å². The van der Waals surface area contributed by atoms with Crippen molar-refractivity contribution >= 4 is 17.2 Å². The molecule has 7 heteroatoms. The molecule has 0 aliphatic rings. The van der Waals surface area contributed by atoms with Gasteiger partial charge in [0.1, 0.15) is 0 Å². The van der Waals surface area contributed by atoms with Crippen molar-refractivity contribution < 1.29 is 18.8 Å². The third kappa shape index (κ3) is 3.04. The number of nitrogens with zero attached hydrogens (tertiary/aromatic N) is 1. The second kappa shape index (κ2) is 5.94. The maximum atomic E-state index is 11.9. The molecule has 1 atom stereocenters. The quantitative estimate of drug-likeness (QED) is 0.756. The maximum Gasteiger partial charge on any atom is 0.273 e. The van der Waals surface area contributed by atoms with Gasteiger partial charge in [0.2, 0.25) is 5.76 Å². The molecule has 0 radical (unpaired) electrons. The Hall–Kier alpha value is -2.38. The average Bonchev–Trinajstić information content (AvgIpc) is 3.25. The molecule has 0 aliphatic heterocycles. The third-order valence-corrected chi connectivity index (χ3v) is 3.59. The topological polar surface area (TPSA) is 88.5 Å². The van der Waals surface area contributed by atoms with Gasteiger partial charge in [-0.25, -0.2) is 0 Å². The monoisotopic (exact) mass is 304 g/mol. The first-order valence-electron chi connectivity index (χ1n) is 6.23. The number of carbonyl (C=O) groups is 1.